The number of pyridine rings is 3. The molecule has 0 fully saturated rings. The number of hydrogen-bond donors (Lipinski definition) is 1. The third-order valence-corrected chi connectivity index (χ3v) is 12.0. The van der Waals surface area contributed by atoms with Crippen LogP contribution in [0.3, 0.4) is 0 Å². The number of fused-ring (bicyclic) bond motifs is 11. The Bertz CT molecular complexity index is 3340. The third kappa shape index (κ3) is 4.15. The minimum atomic E-state index is -0.242. The maximum absolute atomic E-state index is 5.37. The average Bonchev–Trinajstić information content (AvgIpc) is 4.03. The Morgan fingerprint density at radius 1 is 0.589 bits per heavy atom. The quantitative estimate of drug-likeness (QED) is 0.197. The molecule has 8 nitrogen and oxygen atoms in total. The van der Waals surface area contributed by atoms with E-state index >= 15 is 0 Å². The summed E-state index contributed by atoms with van der Waals surface area (Å²) in [4.78, 5) is 39.5. The molecule has 0 saturated heterocycles. The lowest BCUT2D eigenvalue weighted by Crippen LogP contribution is -2.21. The van der Waals surface area contributed by atoms with Crippen molar-refractivity contribution in [2.45, 2.75) is 17.8 Å². The molecule has 1 N–H and O–H groups in total. The fraction of sp³-hybridized carbons (Fsp3) is 0.0625. The van der Waals surface area contributed by atoms with Gasteiger partial charge in [0.25, 0.3) is 0 Å². The molecule has 56 heavy (non-hydrogen) atoms. The first kappa shape index (κ1) is 29.9. The second-order valence-corrected chi connectivity index (χ2v) is 15.0. The summed E-state index contributed by atoms with van der Waals surface area (Å²) in [7, 11) is 0. The monoisotopic (exact) mass is 716 g/mol. The lowest BCUT2D eigenvalue weighted by molar-refractivity contribution is 0.767. The minimum Gasteiger partial charge on any atom is -0.357 e. The van der Waals surface area contributed by atoms with Gasteiger partial charge in [0.2, 0.25) is 0 Å². The molecule has 3 atom stereocenters. The first-order valence-corrected chi connectivity index (χ1v) is 18.9. The molecule has 8 heterocycles. The smallest absolute Gasteiger partial charge is 0.0907 e. The van der Waals surface area contributed by atoms with Crippen LogP contribution in [0, 0.1) is 0 Å². The van der Waals surface area contributed by atoms with E-state index in [1.807, 2.05) is 49.2 Å². The molecule has 4 aromatic heterocycles. The molecule has 8 heteroatoms. The van der Waals surface area contributed by atoms with Gasteiger partial charge in [0.1, 0.15) is 0 Å². The van der Waals surface area contributed by atoms with Gasteiger partial charge in [0.15, 0.2) is 0 Å². The van der Waals surface area contributed by atoms with Crippen molar-refractivity contribution in [1.82, 2.24) is 19.9 Å². The molecule has 0 spiro atoms. The zero-order valence-electron chi connectivity index (χ0n) is 29.7. The average molecular weight is 717 g/mol. The summed E-state index contributed by atoms with van der Waals surface area (Å²) < 4.78 is 0. The molecule has 13 rings (SSSR count). The van der Waals surface area contributed by atoms with Crippen molar-refractivity contribution in [1.29, 1.82) is 0 Å². The number of allylic oxidation sites excluding steroid dienone is 4. The van der Waals surface area contributed by atoms with Gasteiger partial charge in [-0.25, -0.2) is 4.99 Å². The summed E-state index contributed by atoms with van der Waals surface area (Å²) in [6.45, 7) is 0. The first-order valence-electron chi connectivity index (χ1n) is 18.9. The van der Waals surface area contributed by atoms with Crippen LogP contribution in [0.2, 0.25) is 0 Å². The molecule has 5 aliphatic rings. The summed E-state index contributed by atoms with van der Waals surface area (Å²) in [6.07, 6.45) is 9.72. The maximum atomic E-state index is 5.37. The van der Waals surface area contributed by atoms with Gasteiger partial charge in [-0.2, -0.15) is 0 Å². The Balaban J connectivity index is 1.05. The molecule has 4 aliphatic heterocycles. The first-order chi connectivity index (χ1) is 27.7. The number of H-pyrrole nitrogens is 1. The Labute approximate surface area is 319 Å². The van der Waals surface area contributed by atoms with E-state index in [-0.39, 0.29) is 17.8 Å². The van der Waals surface area contributed by atoms with Crippen LogP contribution in [-0.4, -0.2) is 43.8 Å². The number of hydrogen-bond acceptors (Lipinski definition) is 7. The highest BCUT2D eigenvalue weighted by atomic mass is 14.9. The number of nitrogens with zero attached hydrogens (tertiary/aromatic N) is 7. The molecule has 0 bridgehead atoms. The van der Waals surface area contributed by atoms with Gasteiger partial charge >= 0.3 is 0 Å². The number of para-hydroxylation sites is 2. The van der Waals surface area contributed by atoms with Gasteiger partial charge in [0, 0.05) is 79.8 Å². The van der Waals surface area contributed by atoms with Crippen LogP contribution in [0.25, 0.3) is 49.1 Å². The van der Waals surface area contributed by atoms with Crippen LogP contribution in [0.1, 0.15) is 51.7 Å². The van der Waals surface area contributed by atoms with E-state index in [0.29, 0.717) is 0 Å². The number of nitrogens with one attached hydrogen (secondary N) is 1. The summed E-state index contributed by atoms with van der Waals surface area (Å²) in [5.41, 5.74) is 16.1. The van der Waals surface area contributed by atoms with E-state index in [9.17, 15) is 0 Å². The summed E-state index contributed by atoms with van der Waals surface area (Å²) in [5.74, 6) is -0.610. The normalized spacial score (nSPS) is 20.2. The summed E-state index contributed by atoms with van der Waals surface area (Å²) >= 11 is 0. The van der Waals surface area contributed by atoms with E-state index < -0.39 is 0 Å². The molecule has 4 aromatic carbocycles. The van der Waals surface area contributed by atoms with Crippen molar-refractivity contribution in [3.05, 3.63) is 185 Å². The lowest BCUT2D eigenvalue weighted by atomic mass is 9.73. The summed E-state index contributed by atoms with van der Waals surface area (Å²) in [5, 5.41) is 5.56. The van der Waals surface area contributed by atoms with Crippen molar-refractivity contribution in [2.24, 2.45) is 20.0 Å². The molecule has 260 valence electrons. The van der Waals surface area contributed by atoms with Gasteiger partial charge in [-0.1, -0.05) is 72.8 Å². The van der Waals surface area contributed by atoms with Crippen molar-refractivity contribution in [3.63, 3.8) is 0 Å². The molecule has 0 amide bonds. The van der Waals surface area contributed by atoms with Crippen molar-refractivity contribution in [2.75, 3.05) is 0 Å². The molecular formula is C48H28N8. The largest absolute Gasteiger partial charge is 0.357 e. The topological polar surface area (TPSA) is 104 Å². The Morgan fingerprint density at radius 3 is 2.16 bits per heavy atom. The molecule has 1 aliphatic carbocycles. The number of aliphatic imine (C=N–C) groups is 4. The van der Waals surface area contributed by atoms with Crippen LogP contribution >= 0.6 is 0 Å². The van der Waals surface area contributed by atoms with Crippen molar-refractivity contribution < 1.29 is 0 Å². The zero-order chi connectivity index (χ0) is 36.5. The van der Waals surface area contributed by atoms with E-state index in [1.54, 1.807) is 0 Å². The third-order valence-electron chi connectivity index (χ3n) is 12.0. The second kappa shape index (κ2) is 11.1. The molecule has 3 unspecified atom stereocenters. The Hall–Kier alpha value is -7.45. The van der Waals surface area contributed by atoms with E-state index in [4.69, 9.17) is 29.9 Å². The van der Waals surface area contributed by atoms with Gasteiger partial charge < -0.3 is 4.98 Å². The summed E-state index contributed by atoms with van der Waals surface area (Å²) in [6, 6.07) is 40.2. The van der Waals surface area contributed by atoms with Gasteiger partial charge in [-0.15, -0.1) is 0 Å². The number of aromatic nitrogens is 4. The standard InChI is InChI=1S/C48H28N8/c1-2-10-28-20-51-40(17-27(28)9-1)45-43-32-22-50-24-41(32)56-48(43)44(37-16-14-26-8-4-6-12-35(26)53-37)42-30-19-38-29(18-39(30)55-47(42)45)31-21-49-23-33(46(31)54-38)36-15-13-25-7-3-5-11-34(25)52-36/h1-24,33,44-45,55H. The highest BCUT2D eigenvalue weighted by Crippen LogP contribution is 2.56. The Kier molecular flexibility index (Phi) is 5.91. The minimum absolute atomic E-state index is 0.159. The fourth-order valence-electron chi connectivity index (χ4n) is 9.40. The molecular weight excluding hydrogens is 689 g/mol. The van der Waals surface area contributed by atoms with Gasteiger partial charge in [-0.3, -0.25) is 29.9 Å². The molecule has 8 aromatic rings. The number of rotatable bonds is 3. The van der Waals surface area contributed by atoms with Crippen molar-refractivity contribution >= 4 is 78.6 Å². The number of benzene rings is 4. The van der Waals surface area contributed by atoms with E-state index in [0.717, 1.165) is 117 Å². The van der Waals surface area contributed by atoms with Crippen molar-refractivity contribution in [3.8, 4) is 0 Å². The van der Waals surface area contributed by atoms with Crippen LogP contribution in [0.5, 0.6) is 0 Å². The van der Waals surface area contributed by atoms with Crippen LogP contribution in [-0.2, 0) is 0 Å². The van der Waals surface area contributed by atoms with Crippen LogP contribution < -0.4 is 0 Å². The van der Waals surface area contributed by atoms with Gasteiger partial charge in [-0.05, 0) is 53.4 Å². The predicted octanol–water partition coefficient (Wildman–Crippen LogP) is 10.1. The van der Waals surface area contributed by atoms with Crippen LogP contribution in [0.4, 0.5) is 5.69 Å². The fourth-order valence-corrected chi connectivity index (χ4v) is 9.40. The molecule has 0 radical (unpaired) electrons. The van der Waals surface area contributed by atoms with Gasteiger partial charge in [0.05, 0.1) is 74.9 Å². The lowest BCUT2D eigenvalue weighted by Gasteiger charge is -2.31. The SMILES string of the molecule is C1=NC=C2C1=NC1=C2C(c2cc3ccccc3cn2)c2[nH]c3cc4c(cc3c2C1c1ccc2ccccc2n1)N=C1C4=CN=CC1c1ccc2ccccc2n1. The highest BCUT2D eigenvalue weighted by molar-refractivity contribution is 6.43. The highest BCUT2D eigenvalue weighted by Gasteiger charge is 2.45. The van der Waals surface area contributed by atoms with E-state index in [2.05, 4.69) is 107 Å². The predicted molar refractivity (Wildman–Crippen MR) is 225 cm³/mol. The molecule has 0 saturated carbocycles. The Morgan fingerprint density at radius 2 is 1.32 bits per heavy atom. The zero-order valence-corrected chi connectivity index (χ0v) is 29.7. The maximum Gasteiger partial charge on any atom is 0.0907 e. The second-order valence-electron chi connectivity index (χ2n) is 15.0. The number of aromatic amines is 1. The van der Waals surface area contributed by atoms with E-state index in [1.165, 1.54) is 0 Å². The van der Waals surface area contributed by atoms with Crippen LogP contribution in [0.15, 0.2) is 171 Å².